The molecule has 0 N–H and O–H groups in total. The molecule has 0 aromatic rings. The van der Waals surface area contributed by atoms with Crippen molar-refractivity contribution in [1.29, 1.82) is 0 Å². The Bertz CT molecular complexity index is 9.61. The number of rotatable bonds is 0. The second-order valence-corrected chi connectivity index (χ2v) is 0. The van der Waals surface area contributed by atoms with Crippen LogP contribution in [0.4, 0.5) is 0 Å². The molecule has 5 heavy (non-hydrogen) atoms. The van der Waals surface area contributed by atoms with Crippen LogP contribution in [-0.4, -0.2) is 165 Å². The number of hydrogen-bond acceptors (Lipinski definition) is 0. The molecule has 0 unspecified atom stereocenters. The summed E-state index contributed by atoms with van der Waals surface area (Å²) in [5.74, 6) is 0. The van der Waals surface area contributed by atoms with Gasteiger partial charge >= 0.3 is 165 Å². The Morgan fingerprint density at radius 2 is 0.800 bits per heavy atom. The first-order valence-electron chi connectivity index (χ1n) is 0. The molecule has 0 aliphatic rings. The summed E-state index contributed by atoms with van der Waals surface area (Å²) in [7, 11) is 0. The quantitative estimate of drug-likeness (QED) is 0.354. The van der Waals surface area contributed by atoms with E-state index in [1.165, 1.54) is 0 Å². The Labute approximate surface area is 160 Å². The normalized spacial score (nSPS) is 0. The van der Waals surface area contributed by atoms with E-state index < -0.39 is 0 Å². The molecule has 0 atom stereocenters. The van der Waals surface area contributed by atoms with Gasteiger partial charge in [-0.2, -0.15) is 0 Å². The van der Waals surface area contributed by atoms with E-state index in [2.05, 4.69) is 0 Å². The van der Waals surface area contributed by atoms with Gasteiger partial charge in [0.25, 0.3) is 0 Å². The fraction of sp³-hybridized carbons (Fsp3) is 0. The summed E-state index contributed by atoms with van der Waals surface area (Å²) in [4.78, 5) is 0. The zero-order valence-electron chi connectivity index (χ0n) is 0. The van der Waals surface area contributed by atoms with Crippen LogP contribution in [0.1, 0.15) is 0 Å². The molecule has 0 saturated heterocycles. The molecule has 0 fully saturated rings. The van der Waals surface area contributed by atoms with E-state index in [9.17, 15) is 0 Å². The van der Waals surface area contributed by atoms with Crippen LogP contribution in [0.2, 0.25) is 0 Å². The Hall–Kier alpha value is 5.51. The van der Waals surface area contributed by atoms with Gasteiger partial charge in [-0.25, -0.2) is 0 Å². The maximum atomic E-state index is 0. The molecule has 0 amide bonds. The standard InChI is InChI=1S/Ca.Mg.2Na.Sr.8H. The van der Waals surface area contributed by atoms with Crippen molar-refractivity contribution >= 4 is 165 Å². The molecule has 0 spiro atoms. The molecule has 0 aliphatic heterocycles. The summed E-state index contributed by atoms with van der Waals surface area (Å²) < 4.78 is 0. The van der Waals surface area contributed by atoms with Crippen LogP contribution in [0.25, 0.3) is 0 Å². The van der Waals surface area contributed by atoms with Crippen LogP contribution in [0.15, 0.2) is 0 Å². The first-order valence-corrected chi connectivity index (χ1v) is 0. The van der Waals surface area contributed by atoms with Gasteiger partial charge in [-0.3, -0.25) is 0 Å². The van der Waals surface area contributed by atoms with Gasteiger partial charge in [0, 0.05) is 0 Å². The summed E-state index contributed by atoms with van der Waals surface area (Å²) in [5, 5.41) is 0. The van der Waals surface area contributed by atoms with E-state index in [0.29, 0.717) is 0 Å². The van der Waals surface area contributed by atoms with Crippen molar-refractivity contribution in [2.45, 2.75) is 0 Å². The van der Waals surface area contributed by atoms with Crippen LogP contribution in [0.5, 0.6) is 0 Å². The van der Waals surface area contributed by atoms with Gasteiger partial charge < -0.3 is 0 Å². The van der Waals surface area contributed by atoms with Gasteiger partial charge in [-0.05, 0) is 0 Å². The predicted molar refractivity (Wildman–Crippen MR) is 39.9 cm³/mol. The second-order valence-electron chi connectivity index (χ2n) is 0. The molecule has 0 nitrogen and oxygen atoms in total. The van der Waals surface area contributed by atoms with Crippen molar-refractivity contribution in [3.63, 3.8) is 0 Å². The average Bonchev–Trinajstić information content (AvgIpc) is 0. The molecule has 0 saturated carbocycles. The second kappa shape index (κ2) is 22.7. The van der Waals surface area contributed by atoms with E-state index >= 15 is 0 Å². The molecule has 0 rings (SSSR count). The fourth-order valence-corrected chi connectivity index (χ4v) is 0. The van der Waals surface area contributed by atoms with Crippen LogP contribution in [0, 0.1) is 0 Å². The molecule has 0 radical (unpaired) electrons. The van der Waals surface area contributed by atoms with Crippen LogP contribution < -0.4 is 0 Å². The third-order valence-electron chi connectivity index (χ3n) is 0. The summed E-state index contributed by atoms with van der Waals surface area (Å²) in [6.45, 7) is 0. The Morgan fingerprint density at radius 3 is 0.800 bits per heavy atom. The Balaban J connectivity index is 0. The predicted octanol–water partition coefficient (Wildman–Crippen LogP) is -4.05. The molecule has 0 heterocycles. The molecule has 16 valence electrons. The molecule has 0 aliphatic carbocycles. The number of hydrogen-bond donors (Lipinski definition) is 0. The van der Waals surface area contributed by atoms with E-state index in [1.807, 2.05) is 0 Å². The van der Waals surface area contributed by atoms with E-state index in [4.69, 9.17) is 0 Å². The summed E-state index contributed by atoms with van der Waals surface area (Å²) in [6.07, 6.45) is 0. The Kier molecular flexibility index (Phi) is 142. The minimum absolute atomic E-state index is 0. The third-order valence-corrected chi connectivity index (χ3v) is 0. The van der Waals surface area contributed by atoms with Gasteiger partial charge in [0.1, 0.15) is 0 Å². The van der Waals surface area contributed by atoms with E-state index in [1.54, 1.807) is 0 Å². The van der Waals surface area contributed by atoms with Crippen molar-refractivity contribution < 1.29 is 0 Å². The topological polar surface area (TPSA) is 0 Å². The third kappa shape index (κ3) is 17.7. The molecule has 0 aromatic heterocycles. The van der Waals surface area contributed by atoms with Crippen molar-refractivity contribution in [3.8, 4) is 0 Å². The molecule has 0 aromatic carbocycles. The van der Waals surface area contributed by atoms with E-state index in [-0.39, 0.29) is 165 Å². The molecular weight excluding hydrogens is 198 g/mol. The maximum absolute atomic E-state index is 0. The van der Waals surface area contributed by atoms with E-state index in [0.717, 1.165) is 0 Å². The summed E-state index contributed by atoms with van der Waals surface area (Å²) in [5.41, 5.74) is 0. The minimum atomic E-state index is 0. The van der Waals surface area contributed by atoms with Gasteiger partial charge in [-0.15, -0.1) is 0 Å². The average molecular weight is 206 g/mol. The summed E-state index contributed by atoms with van der Waals surface area (Å²) >= 11 is 0. The van der Waals surface area contributed by atoms with Crippen molar-refractivity contribution in [1.82, 2.24) is 0 Å². The van der Waals surface area contributed by atoms with Gasteiger partial charge in [0.05, 0.1) is 0 Å². The van der Waals surface area contributed by atoms with Crippen LogP contribution in [-0.2, 0) is 0 Å². The van der Waals surface area contributed by atoms with Crippen molar-refractivity contribution in [3.05, 3.63) is 0 Å². The van der Waals surface area contributed by atoms with Crippen molar-refractivity contribution in [2.24, 2.45) is 0 Å². The monoisotopic (exact) mass is 206 g/mol. The van der Waals surface area contributed by atoms with Gasteiger partial charge in [-0.1, -0.05) is 0 Å². The molecule has 5 heteroatoms. The zero-order valence-corrected chi connectivity index (χ0v) is 0. The molecular formula is H8CaMgNa2Sr. The Morgan fingerprint density at radius 1 is 0.800 bits per heavy atom. The summed E-state index contributed by atoms with van der Waals surface area (Å²) in [6, 6.07) is 0. The fourth-order valence-electron chi connectivity index (χ4n) is 0. The first-order chi connectivity index (χ1) is 0. The van der Waals surface area contributed by atoms with Crippen LogP contribution >= 0.6 is 0 Å². The SMILES string of the molecule is [CaH2].[MgH2].[NaH].[NaH].[SrH2]. The molecule has 0 bridgehead atoms. The zero-order chi connectivity index (χ0) is 0. The first kappa shape index (κ1) is 31.3. The van der Waals surface area contributed by atoms with Crippen LogP contribution in [0.3, 0.4) is 0 Å². The van der Waals surface area contributed by atoms with Gasteiger partial charge in [0.2, 0.25) is 0 Å². The van der Waals surface area contributed by atoms with Gasteiger partial charge in [0.15, 0.2) is 0 Å². The van der Waals surface area contributed by atoms with Crippen molar-refractivity contribution in [2.75, 3.05) is 0 Å².